The summed E-state index contributed by atoms with van der Waals surface area (Å²) in [4.78, 5) is 13.8. The summed E-state index contributed by atoms with van der Waals surface area (Å²) in [5.41, 5.74) is 0.460. The molecule has 23 heavy (non-hydrogen) atoms. The maximum Gasteiger partial charge on any atom is 0.253 e. The van der Waals surface area contributed by atoms with Crippen LogP contribution in [0.1, 0.15) is 0 Å². The maximum absolute atomic E-state index is 12.4. The van der Waals surface area contributed by atoms with Crippen LogP contribution >= 0.6 is 0 Å². The van der Waals surface area contributed by atoms with E-state index in [0.29, 0.717) is 17.2 Å². The van der Waals surface area contributed by atoms with Crippen molar-refractivity contribution in [2.24, 2.45) is 0 Å². The fourth-order valence-corrected chi connectivity index (χ4v) is 3.66. The zero-order valence-electron chi connectivity index (χ0n) is 13.2. The fraction of sp³-hybridized carbons (Fsp3) is 0.400. The minimum Gasteiger partial charge on any atom is -0.497 e. The molecule has 0 aliphatic carbocycles. The van der Waals surface area contributed by atoms with Gasteiger partial charge in [-0.15, -0.1) is 0 Å². The highest BCUT2D eigenvalue weighted by atomic mass is 32.2. The third-order valence-electron chi connectivity index (χ3n) is 3.43. The number of amides is 1. The maximum atomic E-state index is 12.4. The molecule has 7 nitrogen and oxygen atoms in total. The van der Waals surface area contributed by atoms with Crippen LogP contribution < -0.4 is 14.4 Å². The van der Waals surface area contributed by atoms with Gasteiger partial charge in [0.2, 0.25) is 0 Å². The van der Waals surface area contributed by atoms with Crippen LogP contribution in [0.25, 0.3) is 0 Å². The second-order valence-electron chi connectivity index (χ2n) is 4.96. The first-order chi connectivity index (χ1) is 10.9. The average Bonchev–Trinajstić information content (AvgIpc) is 2.87. The van der Waals surface area contributed by atoms with E-state index in [2.05, 4.69) is 0 Å². The lowest BCUT2D eigenvalue weighted by Gasteiger charge is -2.29. The van der Waals surface area contributed by atoms with Crippen molar-refractivity contribution in [2.45, 2.75) is 6.04 Å². The molecule has 0 aromatic heterocycles. The zero-order valence-corrected chi connectivity index (χ0v) is 14.0. The summed E-state index contributed by atoms with van der Waals surface area (Å²) in [6.45, 7) is -0.167. The number of nitrogens with zero attached hydrogens (tertiary/aromatic N) is 1. The fourth-order valence-electron chi connectivity index (χ4n) is 2.40. The molecule has 1 aromatic rings. The molecule has 1 amide bonds. The van der Waals surface area contributed by atoms with Gasteiger partial charge < -0.3 is 14.2 Å². The standard InChI is InChI=1S/C15H19NO6S/c1-20-9-15(17)16(11-6-7-23(18,19)10-11)13-5-4-12(21-2)8-14(13)22-3/h4-8,11H,9-10H2,1-3H3. The Kier molecular flexibility index (Phi) is 5.27. The lowest BCUT2D eigenvalue weighted by atomic mass is 10.2. The van der Waals surface area contributed by atoms with Crippen LogP contribution in [-0.4, -0.2) is 54.1 Å². The van der Waals surface area contributed by atoms with Crippen molar-refractivity contribution in [2.75, 3.05) is 38.6 Å². The van der Waals surface area contributed by atoms with Crippen molar-refractivity contribution >= 4 is 21.4 Å². The highest BCUT2D eigenvalue weighted by Gasteiger charge is 2.32. The van der Waals surface area contributed by atoms with Gasteiger partial charge in [0, 0.05) is 18.6 Å². The molecule has 8 heteroatoms. The molecule has 1 atom stereocenters. The van der Waals surface area contributed by atoms with Gasteiger partial charge >= 0.3 is 0 Å². The van der Waals surface area contributed by atoms with E-state index in [1.165, 1.54) is 32.3 Å². The lowest BCUT2D eigenvalue weighted by molar-refractivity contribution is -0.122. The van der Waals surface area contributed by atoms with E-state index in [4.69, 9.17) is 14.2 Å². The monoisotopic (exact) mass is 341 g/mol. The SMILES string of the molecule is COCC(=O)N(c1ccc(OC)cc1OC)C1C=CS(=O)(=O)C1. The molecule has 1 heterocycles. The number of ether oxygens (including phenoxy) is 3. The van der Waals surface area contributed by atoms with Crippen LogP contribution in [-0.2, 0) is 19.4 Å². The number of carbonyl (C=O) groups is 1. The normalized spacial score (nSPS) is 18.7. The third-order valence-corrected chi connectivity index (χ3v) is 4.80. The van der Waals surface area contributed by atoms with Gasteiger partial charge in [0.05, 0.1) is 31.7 Å². The van der Waals surface area contributed by atoms with Gasteiger partial charge in [-0.3, -0.25) is 9.69 Å². The Morgan fingerprint density at radius 2 is 2.00 bits per heavy atom. The summed E-state index contributed by atoms with van der Waals surface area (Å²) in [5.74, 6) is 0.450. The van der Waals surface area contributed by atoms with Crippen molar-refractivity contribution in [3.8, 4) is 11.5 Å². The Hall–Kier alpha value is -2.06. The van der Waals surface area contributed by atoms with Crippen LogP contribution in [0.2, 0.25) is 0 Å². The molecule has 0 N–H and O–H groups in total. The van der Waals surface area contributed by atoms with Crippen molar-refractivity contribution in [1.82, 2.24) is 0 Å². The average molecular weight is 341 g/mol. The summed E-state index contributed by atoms with van der Waals surface area (Å²) >= 11 is 0. The van der Waals surface area contributed by atoms with Gasteiger partial charge in [-0.2, -0.15) is 0 Å². The van der Waals surface area contributed by atoms with Gasteiger partial charge in [-0.1, -0.05) is 0 Å². The first-order valence-corrected chi connectivity index (χ1v) is 8.57. The predicted molar refractivity (Wildman–Crippen MR) is 85.6 cm³/mol. The molecule has 0 saturated carbocycles. The lowest BCUT2D eigenvalue weighted by Crippen LogP contribution is -2.43. The van der Waals surface area contributed by atoms with Crippen LogP contribution in [0.5, 0.6) is 11.5 Å². The Balaban J connectivity index is 2.46. The van der Waals surface area contributed by atoms with E-state index in [-0.39, 0.29) is 18.3 Å². The quantitative estimate of drug-likeness (QED) is 0.767. The van der Waals surface area contributed by atoms with Gasteiger partial charge in [-0.05, 0) is 18.2 Å². The van der Waals surface area contributed by atoms with Gasteiger partial charge in [0.1, 0.15) is 18.1 Å². The van der Waals surface area contributed by atoms with Crippen LogP contribution in [0, 0.1) is 0 Å². The first kappa shape index (κ1) is 17.3. The minimum absolute atomic E-state index is 0.167. The molecule has 2 rings (SSSR count). The summed E-state index contributed by atoms with van der Waals surface area (Å²) in [7, 11) is 1.09. The molecule has 0 fully saturated rings. The Bertz CT molecular complexity index is 713. The van der Waals surface area contributed by atoms with Crippen LogP contribution in [0.4, 0.5) is 5.69 Å². The van der Waals surface area contributed by atoms with Gasteiger partial charge in [-0.25, -0.2) is 8.42 Å². The largest absolute Gasteiger partial charge is 0.497 e. The zero-order chi connectivity index (χ0) is 17.0. The smallest absolute Gasteiger partial charge is 0.253 e. The summed E-state index contributed by atoms with van der Waals surface area (Å²) in [5, 5.41) is 1.13. The summed E-state index contributed by atoms with van der Waals surface area (Å²) in [6, 6.07) is 4.36. The molecule has 1 aromatic carbocycles. The van der Waals surface area contributed by atoms with E-state index in [1.54, 1.807) is 18.2 Å². The molecule has 1 aliphatic heterocycles. The van der Waals surface area contributed by atoms with E-state index in [9.17, 15) is 13.2 Å². The molecule has 126 valence electrons. The molecule has 1 unspecified atom stereocenters. The third kappa shape index (κ3) is 3.83. The van der Waals surface area contributed by atoms with Crippen molar-refractivity contribution in [1.29, 1.82) is 0 Å². The van der Waals surface area contributed by atoms with Gasteiger partial charge in [0.25, 0.3) is 5.91 Å². The van der Waals surface area contributed by atoms with E-state index in [0.717, 1.165) is 5.41 Å². The molecule has 0 radical (unpaired) electrons. The molecule has 1 aliphatic rings. The molecule has 0 saturated heterocycles. The second kappa shape index (κ2) is 7.01. The Labute approximate surface area is 135 Å². The van der Waals surface area contributed by atoms with Crippen LogP contribution in [0.15, 0.2) is 29.7 Å². The first-order valence-electron chi connectivity index (χ1n) is 6.86. The van der Waals surface area contributed by atoms with Gasteiger partial charge in [0.15, 0.2) is 9.84 Å². The molecular weight excluding hydrogens is 322 g/mol. The summed E-state index contributed by atoms with van der Waals surface area (Å²) in [6.07, 6.45) is 1.49. The van der Waals surface area contributed by atoms with E-state index < -0.39 is 15.9 Å². The molecular formula is C15H19NO6S. The topological polar surface area (TPSA) is 82.1 Å². The van der Waals surface area contributed by atoms with Crippen molar-refractivity contribution in [3.05, 3.63) is 29.7 Å². The number of carbonyl (C=O) groups excluding carboxylic acids is 1. The minimum atomic E-state index is -3.31. The number of anilines is 1. The van der Waals surface area contributed by atoms with Crippen LogP contribution in [0.3, 0.4) is 0 Å². The predicted octanol–water partition coefficient (Wildman–Crippen LogP) is 0.994. The number of benzene rings is 1. The van der Waals surface area contributed by atoms with Crippen molar-refractivity contribution in [3.63, 3.8) is 0 Å². The highest BCUT2D eigenvalue weighted by Crippen LogP contribution is 2.35. The number of methoxy groups -OCH3 is 3. The number of sulfone groups is 1. The number of hydrogen-bond donors (Lipinski definition) is 0. The molecule has 0 bridgehead atoms. The summed E-state index contributed by atoms with van der Waals surface area (Å²) < 4.78 is 38.8. The van der Waals surface area contributed by atoms with E-state index in [1.807, 2.05) is 0 Å². The number of rotatable bonds is 6. The number of hydrogen-bond acceptors (Lipinski definition) is 6. The Morgan fingerprint density at radius 3 is 2.52 bits per heavy atom. The highest BCUT2D eigenvalue weighted by molar-refractivity contribution is 7.94. The molecule has 0 spiro atoms. The second-order valence-corrected chi connectivity index (χ2v) is 6.89. The van der Waals surface area contributed by atoms with Crippen molar-refractivity contribution < 1.29 is 27.4 Å². The van der Waals surface area contributed by atoms with E-state index >= 15 is 0 Å². The Morgan fingerprint density at radius 1 is 1.26 bits per heavy atom.